The molecule has 0 unspecified atom stereocenters. The molecule has 1 aromatic rings. The summed E-state index contributed by atoms with van der Waals surface area (Å²) < 4.78 is 5.61. The molecule has 1 aromatic carbocycles. The van der Waals surface area contributed by atoms with Crippen LogP contribution in [-0.2, 0) is 4.79 Å². The zero-order valence-electron chi connectivity index (χ0n) is 21.3. The summed E-state index contributed by atoms with van der Waals surface area (Å²) in [6, 6.07) is 7.14. The topological polar surface area (TPSA) is 38.7 Å². The van der Waals surface area contributed by atoms with Gasteiger partial charge in [0.15, 0.2) is 0 Å². The maximum Gasteiger partial charge on any atom is 0.314 e. The maximum absolute atomic E-state index is 12.6. The highest BCUT2D eigenvalue weighted by Gasteiger charge is 2.29. The van der Waals surface area contributed by atoms with Crippen LogP contribution < -0.4 is 4.74 Å². The van der Waals surface area contributed by atoms with Gasteiger partial charge in [-0.3, -0.25) is 4.79 Å². The van der Waals surface area contributed by atoms with E-state index in [1.165, 1.54) is 96.3 Å². The Morgan fingerprint density at radius 3 is 1.94 bits per heavy atom. The van der Waals surface area contributed by atoms with Crippen LogP contribution in [0.5, 0.6) is 5.75 Å². The summed E-state index contributed by atoms with van der Waals surface area (Å²) in [6.45, 7) is 2.29. The van der Waals surface area contributed by atoms with Crippen LogP contribution in [0.3, 0.4) is 0 Å². The minimum atomic E-state index is -0.0757. The summed E-state index contributed by atoms with van der Waals surface area (Å²) in [5.74, 6) is 3.32. The van der Waals surface area contributed by atoms with Gasteiger partial charge < -0.3 is 4.74 Å². The van der Waals surface area contributed by atoms with Crippen molar-refractivity contribution in [3.05, 3.63) is 24.3 Å². The Bertz CT molecular complexity index is 755. The van der Waals surface area contributed by atoms with Crippen LogP contribution in [0.15, 0.2) is 29.3 Å². The van der Waals surface area contributed by atoms with E-state index in [1.807, 2.05) is 0 Å². The van der Waals surface area contributed by atoms with Gasteiger partial charge in [0.2, 0.25) is 0 Å². The predicted octanol–water partition coefficient (Wildman–Crippen LogP) is 9.47. The van der Waals surface area contributed by atoms with Crippen LogP contribution in [0.1, 0.15) is 116 Å². The van der Waals surface area contributed by atoms with Gasteiger partial charge in [-0.05, 0) is 79.9 Å². The van der Waals surface area contributed by atoms with E-state index in [1.54, 1.807) is 24.3 Å². The van der Waals surface area contributed by atoms with E-state index in [9.17, 15) is 4.79 Å². The average molecular weight is 484 g/mol. The monoisotopic (exact) mass is 483 g/mol. The summed E-state index contributed by atoms with van der Waals surface area (Å²) >= 11 is 4.62. The molecule has 0 radical (unpaired) electrons. The number of carbonyl (C=O) groups excluding carboxylic acids is 1. The first-order valence-electron chi connectivity index (χ1n) is 14.1. The van der Waals surface area contributed by atoms with E-state index in [0.29, 0.717) is 5.75 Å². The number of esters is 1. The molecule has 2 saturated carbocycles. The molecule has 0 bridgehead atoms. The Hall–Kier alpha value is -1.51. The van der Waals surface area contributed by atoms with Crippen molar-refractivity contribution in [3.8, 4) is 5.75 Å². The van der Waals surface area contributed by atoms with Crippen LogP contribution >= 0.6 is 12.2 Å². The Morgan fingerprint density at radius 2 is 1.35 bits per heavy atom. The molecule has 2 fully saturated rings. The van der Waals surface area contributed by atoms with Gasteiger partial charge in [0.25, 0.3) is 0 Å². The van der Waals surface area contributed by atoms with E-state index >= 15 is 0 Å². The van der Waals surface area contributed by atoms with Crippen molar-refractivity contribution in [1.29, 1.82) is 0 Å². The van der Waals surface area contributed by atoms with Crippen molar-refractivity contribution >= 4 is 29.0 Å². The highest BCUT2D eigenvalue weighted by atomic mass is 32.1. The van der Waals surface area contributed by atoms with E-state index < -0.39 is 0 Å². The number of aliphatic imine (C=N–C) groups is 1. The van der Waals surface area contributed by atoms with Gasteiger partial charge in [-0.15, -0.1) is 0 Å². The predicted molar refractivity (Wildman–Crippen MR) is 145 cm³/mol. The molecule has 3 rings (SSSR count). The number of nitrogens with zero attached hydrogens (tertiary/aromatic N) is 1. The van der Waals surface area contributed by atoms with Crippen LogP contribution in [-0.4, -0.2) is 11.1 Å². The fourth-order valence-electron chi connectivity index (χ4n) is 6.02. The molecule has 2 aliphatic carbocycles. The molecule has 0 saturated heterocycles. The molecule has 0 amide bonds. The quantitative estimate of drug-likeness (QED) is 0.0921. The first kappa shape index (κ1) is 27.1. The van der Waals surface area contributed by atoms with Crippen molar-refractivity contribution in [2.75, 3.05) is 0 Å². The molecular formula is C30H45NO2S. The van der Waals surface area contributed by atoms with Gasteiger partial charge >= 0.3 is 5.97 Å². The van der Waals surface area contributed by atoms with Gasteiger partial charge in [0, 0.05) is 0 Å². The summed E-state index contributed by atoms with van der Waals surface area (Å²) in [4.78, 5) is 16.5. The van der Waals surface area contributed by atoms with Crippen molar-refractivity contribution in [2.24, 2.45) is 28.7 Å². The number of rotatable bonds is 13. The van der Waals surface area contributed by atoms with E-state index in [4.69, 9.17) is 4.74 Å². The minimum Gasteiger partial charge on any atom is -0.426 e. The number of benzene rings is 1. The maximum atomic E-state index is 12.6. The van der Waals surface area contributed by atoms with Gasteiger partial charge in [0.05, 0.1) is 16.8 Å². The van der Waals surface area contributed by atoms with Crippen molar-refractivity contribution in [2.45, 2.75) is 116 Å². The number of ether oxygens (including phenoxy) is 1. The second kappa shape index (κ2) is 15.5. The molecule has 0 heterocycles. The van der Waals surface area contributed by atoms with Gasteiger partial charge in [-0.1, -0.05) is 90.4 Å². The number of carbonyl (C=O) groups is 1. The molecular weight excluding hydrogens is 438 g/mol. The Balaban J connectivity index is 1.25. The molecule has 0 spiro atoms. The standard InChI is InChI=1S/C30H45NO2S/c1-2-3-4-5-6-7-8-24-9-11-25(12-10-24)13-14-26-15-17-27(18-16-26)30(32)33-29-21-19-28(20-22-29)31-23-34/h19-22,24-27H,2-18H2,1H3. The molecule has 3 nitrogen and oxygen atoms in total. The lowest BCUT2D eigenvalue weighted by molar-refractivity contribution is -0.140. The summed E-state index contributed by atoms with van der Waals surface area (Å²) in [5, 5.41) is 2.35. The smallest absolute Gasteiger partial charge is 0.314 e. The highest BCUT2D eigenvalue weighted by Crippen LogP contribution is 2.38. The fourth-order valence-corrected chi connectivity index (χ4v) is 6.13. The molecule has 188 valence electrons. The minimum absolute atomic E-state index is 0.0485. The Morgan fingerprint density at radius 1 is 0.824 bits per heavy atom. The van der Waals surface area contributed by atoms with E-state index in [2.05, 4.69) is 29.3 Å². The first-order chi connectivity index (χ1) is 16.7. The normalized spacial score (nSPS) is 24.9. The number of isothiocyanates is 1. The molecule has 0 aliphatic heterocycles. The molecule has 2 aliphatic rings. The third-order valence-corrected chi connectivity index (χ3v) is 8.42. The van der Waals surface area contributed by atoms with Crippen LogP contribution in [0.4, 0.5) is 5.69 Å². The summed E-state index contributed by atoms with van der Waals surface area (Å²) in [6.07, 6.45) is 22.9. The fraction of sp³-hybridized carbons (Fsp3) is 0.733. The molecule has 4 heteroatoms. The summed E-state index contributed by atoms with van der Waals surface area (Å²) in [7, 11) is 0. The van der Waals surface area contributed by atoms with Crippen molar-refractivity contribution in [1.82, 2.24) is 0 Å². The highest BCUT2D eigenvalue weighted by molar-refractivity contribution is 7.78. The number of hydrogen-bond donors (Lipinski definition) is 0. The third kappa shape index (κ3) is 9.62. The van der Waals surface area contributed by atoms with E-state index in [0.717, 1.165) is 36.3 Å². The zero-order valence-corrected chi connectivity index (χ0v) is 22.1. The van der Waals surface area contributed by atoms with Crippen LogP contribution in [0, 0.1) is 23.7 Å². The van der Waals surface area contributed by atoms with Gasteiger partial charge in [-0.2, -0.15) is 4.99 Å². The summed E-state index contributed by atoms with van der Waals surface area (Å²) in [5.41, 5.74) is 0.724. The van der Waals surface area contributed by atoms with Crippen LogP contribution in [0.2, 0.25) is 0 Å². The molecule has 0 N–H and O–H groups in total. The van der Waals surface area contributed by atoms with Crippen molar-refractivity contribution in [3.63, 3.8) is 0 Å². The third-order valence-electron chi connectivity index (χ3n) is 8.33. The second-order valence-corrected chi connectivity index (χ2v) is 11.0. The molecule has 0 aromatic heterocycles. The lowest BCUT2D eigenvalue weighted by atomic mass is 9.75. The largest absolute Gasteiger partial charge is 0.426 e. The van der Waals surface area contributed by atoms with E-state index in [-0.39, 0.29) is 11.9 Å². The lowest BCUT2D eigenvalue weighted by Gasteiger charge is -2.31. The average Bonchev–Trinajstić information content (AvgIpc) is 2.87. The first-order valence-corrected chi connectivity index (χ1v) is 14.5. The Labute approximate surface area is 213 Å². The van der Waals surface area contributed by atoms with Crippen molar-refractivity contribution < 1.29 is 9.53 Å². The molecule has 34 heavy (non-hydrogen) atoms. The molecule has 0 atom stereocenters. The number of thiocarbonyl (C=S) groups is 1. The van der Waals surface area contributed by atoms with Gasteiger partial charge in [-0.25, -0.2) is 0 Å². The SMILES string of the molecule is CCCCCCCCC1CCC(CCC2CCC(C(=O)Oc3ccc(N=C=S)cc3)CC2)CC1. The number of unbranched alkanes of at least 4 members (excludes halogenated alkanes) is 5. The zero-order chi connectivity index (χ0) is 24.0. The second-order valence-electron chi connectivity index (χ2n) is 10.9. The van der Waals surface area contributed by atoms with Gasteiger partial charge in [0.1, 0.15) is 5.75 Å². The number of hydrogen-bond acceptors (Lipinski definition) is 4. The van der Waals surface area contributed by atoms with Crippen LogP contribution in [0.25, 0.3) is 0 Å². The Kier molecular flexibility index (Phi) is 12.3. The lowest BCUT2D eigenvalue weighted by Crippen LogP contribution is -2.26.